The maximum atomic E-state index is 12.5. The van der Waals surface area contributed by atoms with Crippen LogP contribution in [0.1, 0.15) is 25.3 Å². The predicted molar refractivity (Wildman–Crippen MR) is 68.9 cm³/mol. The van der Waals surface area contributed by atoms with E-state index in [1.165, 1.54) is 0 Å². The Morgan fingerprint density at radius 3 is 2.58 bits per heavy atom. The molecule has 0 saturated carbocycles. The molecule has 1 N–H and O–H groups in total. The summed E-state index contributed by atoms with van der Waals surface area (Å²) in [6.45, 7) is 2.63. The zero-order valence-corrected chi connectivity index (χ0v) is 11.2. The molecule has 5 heteroatoms. The minimum absolute atomic E-state index is 0.136. The first-order valence-electron chi connectivity index (χ1n) is 6.44. The van der Waals surface area contributed by atoms with E-state index in [0.29, 0.717) is 11.3 Å². The van der Waals surface area contributed by atoms with Crippen LogP contribution < -0.4 is 14.8 Å². The van der Waals surface area contributed by atoms with Gasteiger partial charge in [0.1, 0.15) is 5.60 Å². The molecule has 1 heterocycles. The number of halogens is 2. The Labute approximate surface area is 111 Å². The molecular formula is C14H19F2NO2. The summed E-state index contributed by atoms with van der Waals surface area (Å²) in [5.74, 6) is 0.530. The molecule has 0 amide bonds. The predicted octanol–water partition coefficient (Wildman–Crippen LogP) is 3.12. The molecule has 1 aromatic carbocycles. The number of alkyl halides is 2. The highest BCUT2D eigenvalue weighted by Crippen LogP contribution is 2.36. The van der Waals surface area contributed by atoms with Crippen molar-refractivity contribution in [2.24, 2.45) is 0 Å². The van der Waals surface area contributed by atoms with Crippen molar-refractivity contribution in [2.45, 2.75) is 38.9 Å². The lowest BCUT2D eigenvalue weighted by molar-refractivity contribution is -0.0547. The smallest absolute Gasteiger partial charge is 0.387 e. The Hall–Kier alpha value is -1.36. The van der Waals surface area contributed by atoms with Crippen LogP contribution in [0.25, 0.3) is 0 Å². The van der Waals surface area contributed by atoms with Crippen LogP contribution in [0.15, 0.2) is 18.2 Å². The number of ether oxygens (including phenoxy) is 2. The standard InChI is InChI=1S/C14H19F2NO2/c1-10-4-3-5-11(12(10)18-13(15)16)19-14(2)6-8-17-9-7-14/h3-5,13,17H,6-9H2,1-2H3. The fourth-order valence-corrected chi connectivity index (χ4v) is 2.27. The van der Waals surface area contributed by atoms with Crippen molar-refractivity contribution < 1.29 is 18.3 Å². The van der Waals surface area contributed by atoms with E-state index in [1.807, 2.05) is 6.92 Å². The van der Waals surface area contributed by atoms with Gasteiger partial charge < -0.3 is 14.8 Å². The van der Waals surface area contributed by atoms with Crippen LogP contribution in [0, 0.1) is 6.92 Å². The van der Waals surface area contributed by atoms with Gasteiger partial charge in [0.15, 0.2) is 11.5 Å². The summed E-state index contributed by atoms with van der Waals surface area (Å²) in [5.41, 5.74) is 0.314. The fraction of sp³-hybridized carbons (Fsp3) is 0.571. The number of para-hydroxylation sites is 1. The van der Waals surface area contributed by atoms with Crippen molar-refractivity contribution in [1.82, 2.24) is 5.32 Å². The van der Waals surface area contributed by atoms with Gasteiger partial charge in [-0.05, 0) is 51.4 Å². The Morgan fingerprint density at radius 1 is 1.26 bits per heavy atom. The highest BCUT2D eigenvalue weighted by atomic mass is 19.3. The first-order chi connectivity index (χ1) is 9.00. The van der Waals surface area contributed by atoms with E-state index in [1.54, 1.807) is 25.1 Å². The molecule has 0 atom stereocenters. The topological polar surface area (TPSA) is 30.5 Å². The third kappa shape index (κ3) is 3.56. The van der Waals surface area contributed by atoms with Crippen molar-refractivity contribution in [3.05, 3.63) is 23.8 Å². The molecule has 0 aliphatic carbocycles. The van der Waals surface area contributed by atoms with Crippen molar-refractivity contribution in [3.8, 4) is 11.5 Å². The molecule has 0 radical (unpaired) electrons. The van der Waals surface area contributed by atoms with Gasteiger partial charge in [-0.15, -0.1) is 0 Å². The summed E-state index contributed by atoms with van der Waals surface area (Å²) in [7, 11) is 0. The Balaban J connectivity index is 2.21. The summed E-state index contributed by atoms with van der Waals surface area (Å²) < 4.78 is 35.5. The molecule has 1 aliphatic heterocycles. The summed E-state index contributed by atoms with van der Waals surface area (Å²) in [4.78, 5) is 0. The molecule has 1 aromatic rings. The molecule has 19 heavy (non-hydrogen) atoms. The molecule has 0 spiro atoms. The van der Waals surface area contributed by atoms with Gasteiger partial charge in [0.05, 0.1) is 0 Å². The van der Waals surface area contributed by atoms with E-state index in [0.717, 1.165) is 25.9 Å². The average molecular weight is 271 g/mol. The fourth-order valence-electron chi connectivity index (χ4n) is 2.27. The number of hydrogen-bond acceptors (Lipinski definition) is 3. The second-order valence-corrected chi connectivity index (χ2v) is 5.08. The van der Waals surface area contributed by atoms with E-state index in [-0.39, 0.29) is 11.4 Å². The third-order valence-corrected chi connectivity index (χ3v) is 3.40. The molecule has 0 bridgehead atoms. The van der Waals surface area contributed by atoms with Gasteiger partial charge >= 0.3 is 6.61 Å². The summed E-state index contributed by atoms with van der Waals surface area (Å²) >= 11 is 0. The zero-order valence-electron chi connectivity index (χ0n) is 11.2. The van der Waals surface area contributed by atoms with Crippen LogP contribution in [-0.2, 0) is 0 Å². The molecule has 1 fully saturated rings. The molecule has 3 nitrogen and oxygen atoms in total. The van der Waals surface area contributed by atoms with Crippen LogP contribution in [0.3, 0.4) is 0 Å². The van der Waals surface area contributed by atoms with Crippen LogP contribution >= 0.6 is 0 Å². The first-order valence-corrected chi connectivity index (χ1v) is 6.44. The molecular weight excluding hydrogens is 252 g/mol. The van der Waals surface area contributed by atoms with Gasteiger partial charge in [-0.3, -0.25) is 0 Å². The minimum Gasteiger partial charge on any atom is -0.484 e. The molecule has 0 unspecified atom stereocenters. The molecule has 0 aromatic heterocycles. The second kappa shape index (κ2) is 5.74. The van der Waals surface area contributed by atoms with Gasteiger partial charge in [-0.1, -0.05) is 12.1 Å². The average Bonchev–Trinajstić information content (AvgIpc) is 2.34. The van der Waals surface area contributed by atoms with Crippen molar-refractivity contribution in [1.29, 1.82) is 0 Å². The molecule has 1 aliphatic rings. The van der Waals surface area contributed by atoms with Crippen molar-refractivity contribution >= 4 is 0 Å². The second-order valence-electron chi connectivity index (χ2n) is 5.08. The van der Waals surface area contributed by atoms with Crippen molar-refractivity contribution in [3.63, 3.8) is 0 Å². The van der Waals surface area contributed by atoms with Gasteiger partial charge in [-0.2, -0.15) is 8.78 Å². The highest BCUT2D eigenvalue weighted by molar-refractivity contribution is 5.46. The number of aryl methyl sites for hydroxylation is 1. The molecule has 1 saturated heterocycles. The lowest BCUT2D eigenvalue weighted by atomic mass is 9.94. The number of hydrogen-bond donors (Lipinski definition) is 1. The van der Waals surface area contributed by atoms with E-state index >= 15 is 0 Å². The monoisotopic (exact) mass is 271 g/mol. The Kier molecular flexibility index (Phi) is 4.24. The first kappa shape index (κ1) is 14.1. The lowest BCUT2D eigenvalue weighted by Crippen LogP contribution is -2.43. The van der Waals surface area contributed by atoms with Crippen molar-refractivity contribution in [2.75, 3.05) is 13.1 Å². The summed E-state index contributed by atoms with van der Waals surface area (Å²) in [6.07, 6.45) is 1.68. The Bertz CT molecular complexity index is 431. The van der Waals surface area contributed by atoms with Crippen LogP contribution in [0.5, 0.6) is 11.5 Å². The number of benzene rings is 1. The maximum Gasteiger partial charge on any atom is 0.387 e. The third-order valence-electron chi connectivity index (χ3n) is 3.40. The maximum absolute atomic E-state index is 12.5. The lowest BCUT2D eigenvalue weighted by Gasteiger charge is -2.35. The number of nitrogens with one attached hydrogen (secondary N) is 1. The SMILES string of the molecule is Cc1cccc(OC2(C)CCNCC2)c1OC(F)F. The largest absolute Gasteiger partial charge is 0.484 e. The normalized spacial score (nSPS) is 18.4. The number of piperidine rings is 1. The van der Waals surface area contributed by atoms with E-state index in [4.69, 9.17) is 4.74 Å². The van der Waals surface area contributed by atoms with E-state index in [2.05, 4.69) is 10.1 Å². The van der Waals surface area contributed by atoms with Crippen LogP contribution in [0.2, 0.25) is 0 Å². The Morgan fingerprint density at radius 2 is 1.95 bits per heavy atom. The van der Waals surface area contributed by atoms with Crippen LogP contribution in [0.4, 0.5) is 8.78 Å². The molecule has 2 rings (SSSR count). The van der Waals surface area contributed by atoms with E-state index < -0.39 is 6.61 Å². The van der Waals surface area contributed by atoms with Gasteiger partial charge in [0.2, 0.25) is 0 Å². The minimum atomic E-state index is -2.84. The van der Waals surface area contributed by atoms with Gasteiger partial charge in [-0.25, -0.2) is 0 Å². The summed E-state index contributed by atoms with van der Waals surface area (Å²) in [5, 5.41) is 3.25. The number of rotatable bonds is 4. The summed E-state index contributed by atoms with van der Waals surface area (Å²) in [6, 6.07) is 5.20. The van der Waals surface area contributed by atoms with Gasteiger partial charge in [0, 0.05) is 0 Å². The molecule has 106 valence electrons. The van der Waals surface area contributed by atoms with Gasteiger partial charge in [0.25, 0.3) is 0 Å². The van der Waals surface area contributed by atoms with Crippen LogP contribution in [-0.4, -0.2) is 25.3 Å². The quantitative estimate of drug-likeness (QED) is 0.912. The van der Waals surface area contributed by atoms with E-state index in [9.17, 15) is 8.78 Å². The highest BCUT2D eigenvalue weighted by Gasteiger charge is 2.30. The zero-order chi connectivity index (χ0) is 13.9.